The van der Waals surface area contributed by atoms with Crippen LogP contribution < -0.4 is 19.5 Å². The number of rotatable bonds is 5. The molecular weight excluding hydrogens is 388 g/mol. The standard InChI is InChI=1S/C26H30N2O3/c1-29-16-8-9-17-18(11-16)19-12-23(30-2)24(31-3)13-20(19)21-14-28-10-4-5-22(28)26(25(17)21)27-15-6-7-15/h8-9,11-13,15,22,26-27H,4-7,10,14H2,1-3H3/t22-,26-/m0/s1. The van der Waals surface area contributed by atoms with E-state index >= 15 is 0 Å². The van der Waals surface area contributed by atoms with Crippen LogP contribution in [0.15, 0.2) is 30.3 Å². The molecule has 0 radical (unpaired) electrons. The van der Waals surface area contributed by atoms with Crippen molar-refractivity contribution in [3.05, 3.63) is 41.5 Å². The minimum absolute atomic E-state index is 0.368. The predicted molar refractivity (Wildman–Crippen MR) is 123 cm³/mol. The second-order valence-corrected chi connectivity index (χ2v) is 9.16. The van der Waals surface area contributed by atoms with Crippen LogP contribution in [0.1, 0.15) is 42.9 Å². The van der Waals surface area contributed by atoms with E-state index in [1.165, 1.54) is 64.9 Å². The van der Waals surface area contributed by atoms with E-state index in [4.69, 9.17) is 14.2 Å². The molecule has 1 saturated carbocycles. The lowest BCUT2D eigenvalue weighted by molar-refractivity contribution is 0.179. The number of benzene rings is 3. The van der Waals surface area contributed by atoms with Gasteiger partial charge in [0.2, 0.25) is 0 Å². The fourth-order valence-electron chi connectivity index (χ4n) is 5.81. The Bertz CT molecular complexity index is 1170. The average Bonchev–Trinajstić information content (AvgIpc) is 3.50. The predicted octanol–water partition coefficient (Wildman–Crippen LogP) is 4.79. The second kappa shape index (κ2) is 7.28. The van der Waals surface area contributed by atoms with Crippen molar-refractivity contribution in [3.8, 4) is 17.2 Å². The highest BCUT2D eigenvalue weighted by molar-refractivity contribution is 6.12. The van der Waals surface area contributed by atoms with E-state index in [0.29, 0.717) is 18.1 Å². The summed E-state index contributed by atoms with van der Waals surface area (Å²) in [5, 5.41) is 9.05. The monoisotopic (exact) mass is 418 g/mol. The van der Waals surface area contributed by atoms with E-state index in [1.54, 1.807) is 21.3 Å². The molecule has 3 aliphatic rings. The fraction of sp³-hybridized carbons (Fsp3) is 0.462. The van der Waals surface area contributed by atoms with Gasteiger partial charge in [0, 0.05) is 24.7 Å². The van der Waals surface area contributed by atoms with Crippen LogP contribution in [-0.2, 0) is 6.54 Å². The third-order valence-electron chi connectivity index (χ3n) is 7.44. The molecule has 0 amide bonds. The number of hydrogen-bond acceptors (Lipinski definition) is 5. The zero-order valence-corrected chi connectivity index (χ0v) is 18.5. The van der Waals surface area contributed by atoms with E-state index in [1.807, 2.05) is 0 Å². The smallest absolute Gasteiger partial charge is 0.161 e. The highest BCUT2D eigenvalue weighted by Gasteiger charge is 2.41. The number of nitrogens with zero attached hydrogens (tertiary/aromatic N) is 1. The van der Waals surface area contributed by atoms with Gasteiger partial charge in [-0.3, -0.25) is 4.90 Å². The van der Waals surface area contributed by atoms with Crippen molar-refractivity contribution >= 4 is 21.5 Å². The van der Waals surface area contributed by atoms with Gasteiger partial charge in [0.25, 0.3) is 0 Å². The molecule has 3 aromatic rings. The minimum Gasteiger partial charge on any atom is -0.497 e. The van der Waals surface area contributed by atoms with Gasteiger partial charge in [0.1, 0.15) is 5.75 Å². The highest BCUT2D eigenvalue weighted by atomic mass is 16.5. The lowest BCUT2D eigenvalue weighted by Gasteiger charge is -2.40. The number of methoxy groups -OCH3 is 3. The molecule has 2 aliphatic heterocycles. The van der Waals surface area contributed by atoms with Crippen LogP contribution in [0.5, 0.6) is 17.2 Å². The first-order valence-corrected chi connectivity index (χ1v) is 11.4. The zero-order valence-electron chi connectivity index (χ0n) is 18.5. The van der Waals surface area contributed by atoms with E-state index < -0.39 is 0 Å². The van der Waals surface area contributed by atoms with Gasteiger partial charge >= 0.3 is 0 Å². The maximum Gasteiger partial charge on any atom is 0.161 e. The summed E-state index contributed by atoms with van der Waals surface area (Å²) >= 11 is 0. The molecule has 2 heterocycles. The molecular formula is C26H30N2O3. The molecule has 0 bridgehead atoms. The number of fused-ring (bicyclic) bond motifs is 7. The van der Waals surface area contributed by atoms with Crippen LogP contribution in [0.3, 0.4) is 0 Å². The summed E-state index contributed by atoms with van der Waals surface area (Å²) in [6, 6.07) is 12.5. The van der Waals surface area contributed by atoms with Crippen LogP contribution in [0, 0.1) is 0 Å². The molecule has 1 aliphatic carbocycles. The quantitative estimate of drug-likeness (QED) is 0.604. The Labute approximate surface area is 183 Å². The fourth-order valence-corrected chi connectivity index (χ4v) is 5.81. The van der Waals surface area contributed by atoms with Gasteiger partial charge in [0.15, 0.2) is 11.5 Å². The Hall–Kier alpha value is -2.50. The summed E-state index contributed by atoms with van der Waals surface area (Å²) in [7, 11) is 5.16. The Morgan fingerprint density at radius 2 is 1.58 bits per heavy atom. The third kappa shape index (κ3) is 2.98. The van der Waals surface area contributed by atoms with E-state index in [2.05, 4.69) is 40.5 Å². The Kier molecular flexibility index (Phi) is 4.51. The normalized spacial score (nSPS) is 23.1. The Balaban J connectivity index is 1.70. The molecule has 5 heteroatoms. The first kappa shape index (κ1) is 19.2. The SMILES string of the molecule is COc1ccc2c3c(c4cc(OC)c(OC)cc4c2c1)CN1CCC[C@H]1[C@@H]3NC1CC1. The van der Waals surface area contributed by atoms with Crippen molar-refractivity contribution in [3.63, 3.8) is 0 Å². The van der Waals surface area contributed by atoms with Gasteiger partial charge in [-0.25, -0.2) is 0 Å². The van der Waals surface area contributed by atoms with Crippen LogP contribution in [0.2, 0.25) is 0 Å². The molecule has 162 valence electrons. The number of nitrogens with one attached hydrogen (secondary N) is 1. The molecule has 0 unspecified atom stereocenters. The van der Waals surface area contributed by atoms with Crippen LogP contribution in [0.4, 0.5) is 0 Å². The molecule has 0 aromatic heterocycles. The third-order valence-corrected chi connectivity index (χ3v) is 7.44. The van der Waals surface area contributed by atoms with Gasteiger partial charge in [-0.2, -0.15) is 0 Å². The molecule has 2 fully saturated rings. The highest BCUT2D eigenvalue weighted by Crippen LogP contribution is 2.48. The van der Waals surface area contributed by atoms with Crippen molar-refractivity contribution in [1.29, 1.82) is 0 Å². The molecule has 5 nitrogen and oxygen atoms in total. The van der Waals surface area contributed by atoms with Crippen LogP contribution in [0.25, 0.3) is 21.5 Å². The second-order valence-electron chi connectivity index (χ2n) is 9.16. The Morgan fingerprint density at radius 1 is 0.839 bits per heavy atom. The summed E-state index contributed by atoms with van der Waals surface area (Å²) < 4.78 is 17.0. The average molecular weight is 419 g/mol. The van der Waals surface area contributed by atoms with Gasteiger partial charge in [-0.1, -0.05) is 6.07 Å². The maximum absolute atomic E-state index is 5.70. The van der Waals surface area contributed by atoms with E-state index in [-0.39, 0.29) is 0 Å². The molecule has 6 rings (SSSR count). The zero-order chi connectivity index (χ0) is 21.1. The topological polar surface area (TPSA) is 43.0 Å². The van der Waals surface area contributed by atoms with Crippen molar-refractivity contribution in [2.24, 2.45) is 0 Å². The van der Waals surface area contributed by atoms with Gasteiger partial charge in [-0.15, -0.1) is 0 Å². The number of hydrogen-bond donors (Lipinski definition) is 1. The van der Waals surface area contributed by atoms with Crippen LogP contribution >= 0.6 is 0 Å². The molecule has 1 N–H and O–H groups in total. The number of ether oxygens (including phenoxy) is 3. The van der Waals surface area contributed by atoms with Crippen LogP contribution in [-0.4, -0.2) is 44.9 Å². The summed E-state index contributed by atoms with van der Waals surface area (Å²) in [6.45, 7) is 2.18. The summed E-state index contributed by atoms with van der Waals surface area (Å²) in [5.74, 6) is 2.44. The summed E-state index contributed by atoms with van der Waals surface area (Å²) in [4.78, 5) is 2.69. The van der Waals surface area contributed by atoms with Crippen molar-refractivity contribution < 1.29 is 14.2 Å². The summed E-state index contributed by atoms with van der Waals surface area (Å²) in [6.07, 6.45) is 5.14. The lowest BCUT2D eigenvalue weighted by atomic mass is 9.82. The molecule has 2 atom stereocenters. The molecule has 1 saturated heterocycles. The minimum atomic E-state index is 0.368. The lowest BCUT2D eigenvalue weighted by Crippen LogP contribution is -2.45. The van der Waals surface area contributed by atoms with E-state index in [0.717, 1.165) is 23.8 Å². The maximum atomic E-state index is 5.70. The molecule has 3 aromatic carbocycles. The van der Waals surface area contributed by atoms with E-state index in [9.17, 15) is 0 Å². The van der Waals surface area contributed by atoms with Crippen molar-refractivity contribution in [2.75, 3.05) is 27.9 Å². The molecule has 31 heavy (non-hydrogen) atoms. The summed E-state index contributed by atoms with van der Waals surface area (Å²) in [5.41, 5.74) is 2.91. The molecule has 0 spiro atoms. The van der Waals surface area contributed by atoms with Gasteiger partial charge in [0.05, 0.1) is 21.3 Å². The first-order chi connectivity index (χ1) is 15.2. The first-order valence-electron chi connectivity index (χ1n) is 11.4. The van der Waals surface area contributed by atoms with Crippen molar-refractivity contribution in [2.45, 2.75) is 50.4 Å². The van der Waals surface area contributed by atoms with Gasteiger partial charge in [-0.05, 0) is 89.2 Å². The van der Waals surface area contributed by atoms with Crippen molar-refractivity contribution in [1.82, 2.24) is 10.2 Å². The Morgan fingerprint density at radius 3 is 2.29 bits per heavy atom. The largest absolute Gasteiger partial charge is 0.497 e. The van der Waals surface area contributed by atoms with Gasteiger partial charge < -0.3 is 19.5 Å².